The molecule has 0 aromatic carbocycles. The molecule has 23 heavy (non-hydrogen) atoms. The zero-order valence-electron chi connectivity index (χ0n) is 12.8. The van der Waals surface area contributed by atoms with Gasteiger partial charge in [0.15, 0.2) is 0 Å². The Morgan fingerprint density at radius 3 is 2.65 bits per heavy atom. The second-order valence-electron chi connectivity index (χ2n) is 6.19. The quantitative estimate of drug-likeness (QED) is 0.857. The van der Waals surface area contributed by atoms with Gasteiger partial charge in [0.1, 0.15) is 4.88 Å². The van der Waals surface area contributed by atoms with Crippen molar-refractivity contribution in [3.8, 4) is 0 Å². The lowest BCUT2D eigenvalue weighted by molar-refractivity contribution is -0.136. The lowest BCUT2D eigenvalue weighted by atomic mass is 9.96. The van der Waals surface area contributed by atoms with Gasteiger partial charge in [0.05, 0.1) is 12.5 Å². The summed E-state index contributed by atoms with van der Waals surface area (Å²) in [6.45, 7) is 1.60. The van der Waals surface area contributed by atoms with Crippen molar-refractivity contribution in [2.24, 2.45) is 11.8 Å². The molecule has 3 rings (SSSR count). The number of piperidine rings is 1. The van der Waals surface area contributed by atoms with Gasteiger partial charge in [0, 0.05) is 23.9 Å². The number of carboxylic acid groups (broad SMARTS) is 1. The van der Waals surface area contributed by atoms with Crippen LogP contribution >= 0.6 is 11.3 Å². The Balaban J connectivity index is 1.50. The minimum absolute atomic E-state index is 0.0522. The maximum atomic E-state index is 12.3. The third-order valence-corrected chi connectivity index (χ3v) is 5.41. The molecule has 0 bridgehead atoms. The summed E-state index contributed by atoms with van der Waals surface area (Å²) in [5.41, 5.74) is 0. The number of carbonyl (C=O) groups excluding carboxylic acids is 2. The lowest BCUT2D eigenvalue weighted by Gasteiger charge is -2.32. The number of aromatic carboxylic acids is 1. The van der Waals surface area contributed by atoms with Gasteiger partial charge >= 0.3 is 5.97 Å². The minimum Gasteiger partial charge on any atom is -0.477 e. The van der Waals surface area contributed by atoms with Crippen LogP contribution in [0.5, 0.6) is 0 Å². The van der Waals surface area contributed by atoms with Crippen molar-refractivity contribution in [2.45, 2.75) is 32.2 Å². The molecule has 2 heterocycles. The fourth-order valence-corrected chi connectivity index (χ4v) is 3.67. The number of thiophene rings is 1. The molecule has 1 unspecified atom stereocenters. The molecule has 1 saturated heterocycles. The van der Waals surface area contributed by atoms with Gasteiger partial charge in [0.25, 0.3) is 0 Å². The number of hydrogen-bond acceptors (Lipinski definition) is 4. The Hall–Kier alpha value is -1.89. The zero-order chi connectivity index (χ0) is 16.4. The van der Waals surface area contributed by atoms with Crippen LogP contribution in [0.25, 0.3) is 0 Å². The molecule has 0 spiro atoms. The van der Waals surface area contributed by atoms with Crippen molar-refractivity contribution >= 4 is 29.1 Å². The van der Waals surface area contributed by atoms with E-state index in [0.717, 1.165) is 37.1 Å². The van der Waals surface area contributed by atoms with Crippen molar-refractivity contribution in [3.63, 3.8) is 0 Å². The van der Waals surface area contributed by atoms with Crippen LogP contribution in [-0.2, 0) is 16.1 Å². The molecule has 6 nitrogen and oxygen atoms in total. The van der Waals surface area contributed by atoms with Crippen LogP contribution < -0.4 is 5.32 Å². The van der Waals surface area contributed by atoms with Gasteiger partial charge in [-0.25, -0.2) is 4.79 Å². The molecule has 1 aromatic rings. The molecular formula is C16H20N2O4S. The summed E-state index contributed by atoms with van der Waals surface area (Å²) in [6.07, 6.45) is 3.62. The predicted octanol–water partition coefficient (Wildman–Crippen LogP) is 1.71. The Morgan fingerprint density at radius 1 is 1.22 bits per heavy atom. The number of amides is 2. The largest absolute Gasteiger partial charge is 0.477 e. The summed E-state index contributed by atoms with van der Waals surface area (Å²) in [7, 11) is 0. The summed E-state index contributed by atoms with van der Waals surface area (Å²) < 4.78 is 0. The van der Waals surface area contributed by atoms with Crippen molar-refractivity contribution in [1.82, 2.24) is 10.2 Å². The van der Waals surface area contributed by atoms with Crippen LogP contribution in [0.3, 0.4) is 0 Å². The SMILES string of the molecule is O=C(O)c1ccc(CNC(=O)C2CCCN(C(=O)C3CC3)C2)s1. The summed E-state index contributed by atoms with van der Waals surface area (Å²) in [5.74, 6) is -0.771. The van der Waals surface area contributed by atoms with Crippen LogP contribution in [0.15, 0.2) is 12.1 Å². The number of rotatable bonds is 5. The predicted molar refractivity (Wildman–Crippen MR) is 85.2 cm³/mol. The van der Waals surface area contributed by atoms with Gasteiger partial charge in [-0.3, -0.25) is 9.59 Å². The first kappa shape index (κ1) is 16.0. The summed E-state index contributed by atoms with van der Waals surface area (Å²) in [6, 6.07) is 3.27. The maximum Gasteiger partial charge on any atom is 0.345 e. The number of hydrogen-bond donors (Lipinski definition) is 2. The third kappa shape index (κ3) is 3.90. The molecule has 2 fully saturated rings. The van der Waals surface area contributed by atoms with Crippen LogP contribution in [-0.4, -0.2) is 40.9 Å². The number of likely N-dealkylation sites (tertiary alicyclic amines) is 1. The zero-order valence-corrected chi connectivity index (χ0v) is 13.6. The molecule has 1 aliphatic carbocycles. The Labute approximate surface area is 138 Å². The van der Waals surface area contributed by atoms with E-state index < -0.39 is 5.97 Å². The van der Waals surface area contributed by atoms with Gasteiger partial charge in [-0.05, 0) is 37.8 Å². The molecule has 1 saturated carbocycles. The van der Waals surface area contributed by atoms with Crippen LogP contribution in [0.2, 0.25) is 0 Å². The number of carboxylic acids is 1. The molecule has 7 heteroatoms. The van der Waals surface area contributed by atoms with Gasteiger partial charge in [-0.2, -0.15) is 0 Å². The fraction of sp³-hybridized carbons (Fsp3) is 0.562. The molecule has 2 amide bonds. The van der Waals surface area contributed by atoms with Crippen LogP contribution in [0.4, 0.5) is 0 Å². The first-order chi connectivity index (χ1) is 11.0. The second kappa shape index (κ2) is 6.70. The molecule has 2 N–H and O–H groups in total. The van der Waals surface area contributed by atoms with Gasteiger partial charge < -0.3 is 15.3 Å². The van der Waals surface area contributed by atoms with Gasteiger partial charge in [-0.15, -0.1) is 11.3 Å². The van der Waals surface area contributed by atoms with Gasteiger partial charge in [-0.1, -0.05) is 0 Å². The van der Waals surface area contributed by atoms with Gasteiger partial charge in [0.2, 0.25) is 11.8 Å². The molecule has 0 radical (unpaired) electrons. The number of nitrogens with zero attached hydrogens (tertiary/aromatic N) is 1. The minimum atomic E-state index is -0.950. The average Bonchev–Trinajstić information content (AvgIpc) is 3.29. The monoisotopic (exact) mass is 336 g/mol. The van der Waals surface area contributed by atoms with E-state index in [1.54, 1.807) is 12.1 Å². The van der Waals surface area contributed by atoms with Crippen LogP contribution in [0, 0.1) is 11.8 Å². The van der Waals surface area contributed by atoms with Crippen molar-refractivity contribution in [2.75, 3.05) is 13.1 Å². The highest BCUT2D eigenvalue weighted by atomic mass is 32.1. The number of nitrogens with one attached hydrogen (secondary N) is 1. The summed E-state index contributed by atoms with van der Waals surface area (Å²) in [5, 5.41) is 11.8. The van der Waals surface area contributed by atoms with Crippen molar-refractivity contribution in [3.05, 3.63) is 21.9 Å². The normalized spacial score (nSPS) is 21.0. The highest BCUT2D eigenvalue weighted by Gasteiger charge is 2.36. The fourth-order valence-electron chi connectivity index (χ4n) is 2.89. The molecule has 2 aliphatic rings. The average molecular weight is 336 g/mol. The Kier molecular flexibility index (Phi) is 4.66. The Bertz CT molecular complexity index is 623. The molecular weight excluding hydrogens is 316 g/mol. The number of carbonyl (C=O) groups is 3. The van der Waals surface area contributed by atoms with E-state index in [0.29, 0.717) is 13.1 Å². The standard InChI is InChI=1S/C16H20N2O4S/c19-14(17-8-12-5-6-13(23-12)16(21)22)11-2-1-7-18(9-11)15(20)10-3-4-10/h5-6,10-11H,1-4,7-9H2,(H,17,19)(H,21,22). The summed E-state index contributed by atoms with van der Waals surface area (Å²) in [4.78, 5) is 38.2. The molecule has 1 aromatic heterocycles. The smallest absolute Gasteiger partial charge is 0.345 e. The first-order valence-corrected chi connectivity index (χ1v) is 8.74. The third-order valence-electron chi connectivity index (χ3n) is 4.34. The van der Waals surface area contributed by atoms with Crippen molar-refractivity contribution in [1.29, 1.82) is 0 Å². The molecule has 124 valence electrons. The van der Waals surface area contributed by atoms with E-state index in [-0.39, 0.29) is 28.5 Å². The van der Waals surface area contributed by atoms with Crippen LogP contribution in [0.1, 0.15) is 40.2 Å². The first-order valence-electron chi connectivity index (χ1n) is 7.93. The van der Waals surface area contributed by atoms with E-state index in [1.165, 1.54) is 11.3 Å². The van der Waals surface area contributed by atoms with E-state index in [9.17, 15) is 14.4 Å². The highest BCUT2D eigenvalue weighted by molar-refractivity contribution is 7.13. The van der Waals surface area contributed by atoms with E-state index in [1.807, 2.05) is 4.90 Å². The van der Waals surface area contributed by atoms with Crippen molar-refractivity contribution < 1.29 is 19.5 Å². The summed E-state index contributed by atoms with van der Waals surface area (Å²) >= 11 is 1.17. The topological polar surface area (TPSA) is 86.7 Å². The second-order valence-corrected chi connectivity index (χ2v) is 7.35. The highest BCUT2D eigenvalue weighted by Crippen LogP contribution is 2.32. The van der Waals surface area contributed by atoms with E-state index in [2.05, 4.69) is 5.32 Å². The van der Waals surface area contributed by atoms with E-state index in [4.69, 9.17) is 5.11 Å². The molecule has 1 aliphatic heterocycles. The van der Waals surface area contributed by atoms with E-state index >= 15 is 0 Å². The maximum absolute atomic E-state index is 12.3. The Morgan fingerprint density at radius 2 is 2.00 bits per heavy atom. The molecule has 1 atom stereocenters. The lowest BCUT2D eigenvalue weighted by Crippen LogP contribution is -2.45.